The van der Waals surface area contributed by atoms with Gasteiger partial charge in [-0.3, -0.25) is 4.79 Å². The number of nitrogens with one attached hydrogen (secondary N) is 1. The van der Waals surface area contributed by atoms with Crippen LogP contribution in [0.4, 0.5) is 5.82 Å². The number of hydrogen-bond acceptors (Lipinski definition) is 4. The Hall–Kier alpha value is -2.97. The molecule has 0 saturated carbocycles. The van der Waals surface area contributed by atoms with Crippen LogP contribution < -0.4 is 5.32 Å². The van der Waals surface area contributed by atoms with E-state index in [1.807, 2.05) is 51.1 Å². The van der Waals surface area contributed by atoms with Crippen molar-refractivity contribution >= 4 is 21.7 Å². The molecule has 0 spiro atoms. The second-order valence-electron chi connectivity index (χ2n) is 10.3. The molecule has 35 heavy (non-hydrogen) atoms. The first-order valence-corrected chi connectivity index (χ1v) is 13.3. The first-order valence-electron chi connectivity index (χ1n) is 11.9. The van der Waals surface area contributed by atoms with Crippen LogP contribution in [-0.2, 0) is 20.2 Å². The molecule has 0 fully saturated rings. The smallest absolute Gasteiger partial charge is 0.243 e. The highest BCUT2D eigenvalue weighted by Crippen LogP contribution is 2.27. The fourth-order valence-corrected chi connectivity index (χ4v) is 5.00. The molecule has 188 valence electrons. The summed E-state index contributed by atoms with van der Waals surface area (Å²) in [6, 6.07) is 17.9. The highest BCUT2D eigenvalue weighted by Gasteiger charge is 2.28. The van der Waals surface area contributed by atoms with Crippen LogP contribution in [0, 0.1) is 12.8 Å². The number of hydrogen-bond donors (Lipinski definition) is 1. The van der Waals surface area contributed by atoms with Crippen LogP contribution in [0.25, 0.3) is 5.69 Å². The molecule has 0 aliphatic rings. The highest BCUT2D eigenvalue weighted by molar-refractivity contribution is 7.89. The summed E-state index contributed by atoms with van der Waals surface area (Å²) in [5.41, 5.74) is 2.49. The molecule has 0 saturated heterocycles. The minimum Gasteiger partial charge on any atom is -0.309 e. The van der Waals surface area contributed by atoms with Crippen LogP contribution in [0.1, 0.15) is 52.3 Å². The normalized spacial score (nSPS) is 12.3. The topological polar surface area (TPSA) is 84.3 Å². The molecular formula is C27H36N4O3S. The Bertz CT molecular complexity index is 1260. The monoisotopic (exact) mass is 496 g/mol. The van der Waals surface area contributed by atoms with Crippen LogP contribution in [-0.4, -0.2) is 41.5 Å². The summed E-state index contributed by atoms with van der Waals surface area (Å²) >= 11 is 0. The Labute approximate surface area is 209 Å². The first kappa shape index (κ1) is 26.6. The van der Waals surface area contributed by atoms with Gasteiger partial charge in [-0.2, -0.15) is 9.40 Å². The molecule has 0 atom stereocenters. The van der Waals surface area contributed by atoms with Crippen LogP contribution in [0.2, 0.25) is 0 Å². The van der Waals surface area contributed by atoms with Crippen molar-refractivity contribution in [1.82, 2.24) is 14.1 Å². The zero-order chi connectivity index (χ0) is 25.8. The molecule has 8 heteroatoms. The van der Waals surface area contributed by atoms with Gasteiger partial charge >= 0.3 is 0 Å². The summed E-state index contributed by atoms with van der Waals surface area (Å²) in [4.78, 5) is 13.4. The largest absolute Gasteiger partial charge is 0.309 e. The van der Waals surface area contributed by atoms with Gasteiger partial charge in [0.15, 0.2) is 0 Å². The lowest BCUT2D eigenvalue weighted by Crippen LogP contribution is -2.39. The number of aromatic nitrogens is 2. The highest BCUT2D eigenvalue weighted by atomic mass is 32.2. The summed E-state index contributed by atoms with van der Waals surface area (Å²) in [7, 11) is -3.82. The van der Waals surface area contributed by atoms with Crippen LogP contribution in [0.3, 0.4) is 0 Å². The van der Waals surface area contributed by atoms with Gasteiger partial charge in [0.1, 0.15) is 5.82 Å². The predicted molar refractivity (Wildman–Crippen MR) is 140 cm³/mol. The predicted octanol–water partition coefficient (Wildman–Crippen LogP) is 5.15. The van der Waals surface area contributed by atoms with Gasteiger partial charge in [-0.1, -0.05) is 65.0 Å². The van der Waals surface area contributed by atoms with Gasteiger partial charge in [0.25, 0.3) is 0 Å². The van der Waals surface area contributed by atoms with Gasteiger partial charge in [-0.15, -0.1) is 0 Å². The Kier molecular flexibility index (Phi) is 8.18. The minimum atomic E-state index is -3.82. The van der Waals surface area contributed by atoms with Crippen molar-refractivity contribution in [2.24, 2.45) is 5.92 Å². The SMILES string of the molecule is Cc1cccc(-n2nc(C(C)(C)C)cc2NC(=O)CN(CCC(C)C)S(=O)(=O)c2ccccc2)c1. The van der Waals surface area contributed by atoms with Crippen LogP contribution in [0.15, 0.2) is 65.6 Å². The van der Waals surface area contributed by atoms with Gasteiger partial charge in [-0.05, 0) is 49.1 Å². The number of aryl methyl sites for hydroxylation is 1. The zero-order valence-electron chi connectivity index (χ0n) is 21.4. The molecule has 0 radical (unpaired) electrons. The second kappa shape index (κ2) is 10.7. The number of benzene rings is 2. The zero-order valence-corrected chi connectivity index (χ0v) is 22.3. The summed E-state index contributed by atoms with van der Waals surface area (Å²) < 4.78 is 29.6. The third kappa shape index (κ3) is 6.80. The molecule has 0 aliphatic carbocycles. The van der Waals surface area contributed by atoms with Crippen molar-refractivity contribution in [2.45, 2.75) is 58.3 Å². The summed E-state index contributed by atoms with van der Waals surface area (Å²) in [5, 5.41) is 7.67. The molecule has 3 aromatic rings. The lowest BCUT2D eigenvalue weighted by molar-refractivity contribution is -0.116. The number of amides is 1. The van der Waals surface area contributed by atoms with E-state index in [9.17, 15) is 13.2 Å². The van der Waals surface area contributed by atoms with Gasteiger partial charge in [-0.25, -0.2) is 13.1 Å². The molecule has 1 amide bonds. The number of carbonyl (C=O) groups excluding carboxylic acids is 1. The average molecular weight is 497 g/mol. The fourth-order valence-electron chi connectivity index (χ4n) is 3.56. The summed E-state index contributed by atoms with van der Waals surface area (Å²) in [5.74, 6) is 0.387. The van der Waals surface area contributed by atoms with E-state index in [1.54, 1.807) is 35.0 Å². The van der Waals surface area contributed by atoms with E-state index in [1.165, 1.54) is 4.31 Å². The first-order chi connectivity index (χ1) is 16.4. The molecule has 7 nitrogen and oxygen atoms in total. The third-order valence-corrected chi connectivity index (χ3v) is 7.51. The maximum atomic E-state index is 13.3. The maximum absolute atomic E-state index is 13.3. The van der Waals surface area contributed by atoms with Gasteiger partial charge in [0.05, 0.1) is 22.8 Å². The molecule has 0 aliphatic heterocycles. The Morgan fingerprint density at radius 2 is 1.74 bits per heavy atom. The van der Waals surface area contributed by atoms with E-state index in [4.69, 9.17) is 5.10 Å². The van der Waals surface area contributed by atoms with Crippen molar-refractivity contribution in [3.63, 3.8) is 0 Å². The number of anilines is 1. The molecule has 2 aromatic carbocycles. The Morgan fingerprint density at radius 3 is 2.34 bits per heavy atom. The fraction of sp³-hybridized carbons (Fsp3) is 0.407. The van der Waals surface area contributed by atoms with Gasteiger partial charge < -0.3 is 5.32 Å². The van der Waals surface area contributed by atoms with Crippen LogP contribution >= 0.6 is 0 Å². The van der Waals surface area contributed by atoms with E-state index >= 15 is 0 Å². The summed E-state index contributed by atoms with van der Waals surface area (Å²) in [6.07, 6.45) is 0.648. The number of sulfonamides is 1. The number of carbonyl (C=O) groups is 1. The van der Waals surface area contributed by atoms with Crippen molar-refractivity contribution in [3.8, 4) is 5.69 Å². The van der Waals surface area contributed by atoms with Gasteiger partial charge in [0, 0.05) is 18.0 Å². The van der Waals surface area contributed by atoms with E-state index in [-0.39, 0.29) is 23.4 Å². The molecule has 3 rings (SSSR count). The molecule has 1 N–H and O–H groups in total. The lowest BCUT2D eigenvalue weighted by atomic mass is 9.92. The lowest BCUT2D eigenvalue weighted by Gasteiger charge is -2.22. The van der Waals surface area contributed by atoms with Crippen molar-refractivity contribution in [2.75, 3.05) is 18.4 Å². The quantitative estimate of drug-likeness (QED) is 0.444. The molecule has 0 bridgehead atoms. The maximum Gasteiger partial charge on any atom is 0.243 e. The number of nitrogens with zero attached hydrogens (tertiary/aromatic N) is 3. The number of rotatable bonds is 9. The summed E-state index contributed by atoms with van der Waals surface area (Å²) in [6.45, 7) is 12.2. The van der Waals surface area contributed by atoms with E-state index in [0.717, 1.165) is 16.9 Å². The third-order valence-electron chi connectivity index (χ3n) is 5.65. The second-order valence-corrected chi connectivity index (χ2v) is 12.2. The van der Waals surface area contributed by atoms with Gasteiger partial charge in [0.2, 0.25) is 15.9 Å². The molecular weight excluding hydrogens is 460 g/mol. The molecule has 1 aromatic heterocycles. The average Bonchev–Trinajstić information content (AvgIpc) is 3.21. The minimum absolute atomic E-state index is 0.177. The van der Waals surface area contributed by atoms with E-state index < -0.39 is 15.9 Å². The Morgan fingerprint density at radius 1 is 1.06 bits per heavy atom. The van der Waals surface area contributed by atoms with E-state index in [0.29, 0.717) is 18.2 Å². The molecule has 1 heterocycles. The van der Waals surface area contributed by atoms with Crippen molar-refractivity contribution < 1.29 is 13.2 Å². The molecule has 0 unspecified atom stereocenters. The van der Waals surface area contributed by atoms with Crippen molar-refractivity contribution in [3.05, 3.63) is 71.9 Å². The van der Waals surface area contributed by atoms with Crippen LogP contribution in [0.5, 0.6) is 0 Å². The Balaban J connectivity index is 1.91. The standard InChI is InChI=1S/C27H36N4O3S/c1-20(2)15-16-30(35(33,34)23-13-8-7-9-14-23)19-26(32)28-25-18-24(27(4,5)6)29-31(25)22-12-10-11-21(3)17-22/h7-14,17-18,20H,15-16,19H2,1-6H3,(H,28,32). The van der Waals surface area contributed by atoms with E-state index in [2.05, 4.69) is 26.1 Å². The van der Waals surface area contributed by atoms with Crippen molar-refractivity contribution in [1.29, 1.82) is 0 Å².